The summed E-state index contributed by atoms with van der Waals surface area (Å²) < 4.78 is 66.9. The van der Waals surface area contributed by atoms with E-state index in [9.17, 15) is 26.7 Å². The third-order valence-corrected chi connectivity index (χ3v) is 2.35. The molecule has 1 aromatic rings. The lowest BCUT2D eigenvalue weighted by atomic mass is 10.0. The van der Waals surface area contributed by atoms with Crippen molar-refractivity contribution >= 4 is 18.1 Å². The van der Waals surface area contributed by atoms with E-state index < -0.39 is 29.3 Å². The maximum atomic E-state index is 13.1. The number of alkyl halides is 5. The van der Waals surface area contributed by atoms with Gasteiger partial charge in [-0.05, 0) is 17.7 Å². The van der Waals surface area contributed by atoms with Gasteiger partial charge in [0.25, 0.3) is 0 Å². The summed E-state index contributed by atoms with van der Waals surface area (Å²) in [6, 6.07) is 2.57. The molecular formula is C10H5ClF5O2. The molecule has 0 atom stereocenters. The second-order valence-corrected chi connectivity index (χ2v) is 3.67. The summed E-state index contributed by atoms with van der Waals surface area (Å²) in [7, 11) is 0. The molecule has 0 saturated heterocycles. The van der Waals surface area contributed by atoms with Crippen LogP contribution in [0, 0.1) is 0 Å². The number of carbonyl (C=O) groups excluding carboxylic acids is 1. The Labute approximate surface area is 103 Å². The summed E-state index contributed by atoms with van der Waals surface area (Å²) in [5.74, 6) is -5.08. The van der Waals surface area contributed by atoms with E-state index >= 15 is 0 Å². The van der Waals surface area contributed by atoms with Gasteiger partial charge in [-0.25, -0.2) is 4.79 Å². The van der Waals surface area contributed by atoms with Crippen LogP contribution in [0.3, 0.4) is 0 Å². The molecule has 2 nitrogen and oxygen atoms in total. The average molecular weight is 288 g/mol. The highest BCUT2D eigenvalue weighted by atomic mass is 35.5. The second kappa shape index (κ2) is 5.09. The molecular weight excluding hydrogens is 283 g/mol. The van der Waals surface area contributed by atoms with Crippen LogP contribution in [0.1, 0.15) is 11.1 Å². The van der Waals surface area contributed by atoms with Crippen molar-refractivity contribution in [3.05, 3.63) is 34.3 Å². The molecule has 0 bridgehead atoms. The fraction of sp³-hybridized carbons (Fsp3) is 0.300. The Balaban J connectivity index is 3.19. The van der Waals surface area contributed by atoms with Crippen LogP contribution in [-0.4, -0.2) is 12.6 Å². The van der Waals surface area contributed by atoms with Crippen molar-refractivity contribution in [3.8, 4) is 0 Å². The maximum Gasteiger partial charge on any atom is 0.458 e. The topological polar surface area (TPSA) is 26.3 Å². The van der Waals surface area contributed by atoms with Crippen LogP contribution in [0.5, 0.6) is 0 Å². The molecule has 0 fully saturated rings. The zero-order valence-electron chi connectivity index (χ0n) is 8.52. The van der Waals surface area contributed by atoms with Gasteiger partial charge in [-0.3, -0.25) is 0 Å². The minimum Gasteiger partial charge on any atom is -0.452 e. The fourth-order valence-electron chi connectivity index (χ4n) is 1.17. The third-order valence-electron chi connectivity index (χ3n) is 2.02. The molecule has 18 heavy (non-hydrogen) atoms. The van der Waals surface area contributed by atoms with Crippen molar-refractivity contribution < 1.29 is 31.5 Å². The first-order valence-corrected chi connectivity index (χ1v) is 4.80. The number of hydrogen-bond donors (Lipinski definition) is 0. The molecule has 0 saturated carbocycles. The van der Waals surface area contributed by atoms with Gasteiger partial charge in [0, 0.05) is 5.56 Å². The SMILES string of the molecule is O=[C]OCc1ccc(Cl)c(C(F)(F)C(F)(F)F)c1. The summed E-state index contributed by atoms with van der Waals surface area (Å²) in [5.41, 5.74) is -1.44. The first kappa shape index (κ1) is 14.7. The molecule has 1 aromatic carbocycles. The van der Waals surface area contributed by atoms with Gasteiger partial charge in [-0.2, -0.15) is 22.0 Å². The smallest absolute Gasteiger partial charge is 0.452 e. The van der Waals surface area contributed by atoms with Gasteiger partial charge >= 0.3 is 18.6 Å². The summed E-state index contributed by atoms with van der Waals surface area (Å²) in [5, 5.41) is -0.726. The normalized spacial score (nSPS) is 12.3. The molecule has 0 heterocycles. The number of ether oxygens (including phenoxy) is 1. The second-order valence-electron chi connectivity index (χ2n) is 3.26. The lowest BCUT2D eigenvalue weighted by Gasteiger charge is -2.21. The summed E-state index contributed by atoms with van der Waals surface area (Å²) in [4.78, 5) is 9.78. The Hall–Kier alpha value is -1.37. The van der Waals surface area contributed by atoms with Crippen LogP contribution in [0.15, 0.2) is 18.2 Å². The first-order valence-electron chi connectivity index (χ1n) is 4.42. The fourth-order valence-corrected chi connectivity index (χ4v) is 1.40. The average Bonchev–Trinajstić information content (AvgIpc) is 2.26. The predicted molar refractivity (Wildman–Crippen MR) is 51.9 cm³/mol. The van der Waals surface area contributed by atoms with E-state index in [0.29, 0.717) is 6.07 Å². The first-order chi connectivity index (χ1) is 8.20. The van der Waals surface area contributed by atoms with Crippen molar-refractivity contribution in [2.45, 2.75) is 18.7 Å². The zero-order chi connectivity index (χ0) is 14.0. The lowest BCUT2D eigenvalue weighted by molar-refractivity contribution is -0.289. The molecule has 0 amide bonds. The largest absolute Gasteiger partial charge is 0.458 e. The van der Waals surface area contributed by atoms with E-state index in [4.69, 9.17) is 11.6 Å². The third kappa shape index (κ3) is 2.90. The van der Waals surface area contributed by atoms with Crippen LogP contribution >= 0.6 is 11.6 Å². The molecule has 0 aliphatic heterocycles. The summed E-state index contributed by atoms with van der Waals surface area (Å²) in [6.45, 7) is 0.556. The highest BCUT2D eigenvalue weighted by Gasteiger charge is 2.59. The lowest BCUT2D eigenvalue weighted by Crippen LogP contribution is -2.34. The van der Waals surface area contributed by atoms with Crippen LogP contribution in [0.4, 0.5) is 22.0 Å². The van der Waals surface area contributed by atoms with Gasteiger partial charge < -0.3 is 4.74 Å². The molecule has 0 aliphatic rings. The van der Waals surface area contributed by atoms with Crippen molar-refractivity contribution in [3.63, 3.8) is 0 Å². The van der Waals surface area contributed by atoms with Gasteiger partial charge in [-0.1, -0.05) is 17.7 Å². The molecule has 0 aromatic heterocycles. The maximum absolute atomic E-state index is 13.1. The quantitative estimate of drug-likeness (QED) is 0.791. The van der Waals surface area contributed by atoms with Crippen LogP contribution in [-0.2, 0) is 22.1 Å². The standard InChI is InChI=1S/C10H5ClF5O2/c11-8-2-1-6(4-18-5-17)3-7(8)9(12,13)10(14,15)16/h1-3H,4H2. The van der Waals surface area contributed by atoms with Crippen molar-refractivity contribution in [2.75, 3.05) is 0 Å². The van der Waals surface area contributed by atoms with Crippen molar-refractivity contribution in [1.29, 1.82) is 0 Å². The summed E-state index contributed by atoms with van der Waals surface area (Å²) in [6.07, 6.45) is -5.76. The highest BCUT2D eigenvalue weighted by molar-refractivity contribution is 6.31. The van der Waals surface area contributed by atoms with Gasteiger partial charge in [0.2, 0.25) is 0 Å². The Morgan fingerprint density at radius 2 is 1.83 bits per heavy atom. The zero-order valence-corrected chi connectivity index (χ0v) is 9.28. The minimum atomic E-state index is -5.76. The predicted octanol–water partition coefficient (Wildman–Crippen LogP) is 3.58. The molecule has 1 rings (SSSR count). The number of halogens is 6. The molecule has 0 N–H and O–H groups in total. The monoisotopic (exact) mass is 287 g/mol. The Morgan fingerprint density at radius 1 is 1.22 bits per heavy atom. The number of rotatable bonds is 4. The van der Waals surface area contributed by atoms with E-state index in [-0.39, 0.29) is 5.56 Å². The van der Waals surface area contributed by atoms with E-state index in [0.717, 1.165) is 18.6 Å². The Bertz CT molecular complexity index is 444. The molecule has 0 spiro atoms. The van der Waals surface area contributed by atoms with Crippen molar-refractivity contribution in [2.24, 2.45) is 0 Å². The van der Waals surface area contributed by atoms with Crippen molar-refractivity contribution in [1.82, 2.24) is 0 Å². The van der Waals surface area contributed by atoms with Crippen LogP contribution < -0.4 is 0 Å². The van der Waals surface area contributed by atoms with E-state index in [1.807, 2.05) is 0 Å². The highest BCUT2D eigenvalue weighted by Crippen LogP contribution is 2.46. The number of hydrogen-bond acceptors (Lipinski definition) is 2. The van der Waals surface area contributed by atoms with E-state index in [1.165, 1.54) is 0 Å². The van der Waals surface area contributed by atoms with Crippen LogP contribution in [0.2, 0.25) is 5.02 Å². The van der Waals surface area contributed by atoms with E-state index in [1.54, 1.807) is 0 Å². The Kier molecular flexibility index (Phi) is 4.16. The molecule has 0 unspecified atom stereocenters. The summed E-state index contributed by atoms with van der Waals surface area (Å²) >= 11 is 5.32. The van der Waals surface area contributed by atoms with E-state index in [2.05, 4.69) is 4.74 Å². The molecule has 1 radical (unpaired) electrons. The Morgan fingerprint density at radius 3 is 2.33 bits per heavy atom. The minimum absolute atomic E-state index is 0.0540. The van der Waals surface area contributed by atoms with Gasteiger partial charge in [0.05, 0.1) is 5.02 Å². The number of benzene rings is 1. The van der Waals surface area contributed by atoms with Gasteiger partial charge in [0.15, 0.2) is 0 Å². The molecule has 8 heteroatoms. The van der Waals surface area contributed by atoms with Gasteiger partial charge in [-0.15, -0.1) is 0 Å². The van der Waals surface area contributed by atoms with Crippen LogP contribution in [0.25, 0.3) is 0 Å². The molecule has 0 aliphatic carbocycles. The van der Waals surface area contributed by atoms with Gasteiger partial charge in [0.1, 0.15) is 6.61 Å². The molecule has 99 valence electrons.